The monoisotopic (exact) mass is 257 g/mol. The van der Waals surface area contributed by atoms with E-state index in [0.717, 1.165) is 42.3 Å². The molecule has 98 valence electrons. The number of nitrogens with one attached hydrogen (secondary N) is 2. The lowest BCUT2D eigenvalue weighted by Gasteiger charge is -2.09. The van der Waals surface area contributed by atoms with Gasteiger partial charge in [-0.2, -0.15) is 0 Å². The predicted octanol–water partition coefficient (Wildman–Crippen LogP) is 1.34. The number of fused-ring (bicyclic) bond motifs is 1. The summed E-state index contributed by atoms with van der Waals surface area (Å²) in [5.41, 5.74) is 3.55. The molecule has 19 heavy (non-hydrogen) atoms. The van der Waals surface area contributed by atoms with Crippen LogP contribution >= 0.6 is 0 Å². The molecule has 2 aromatic rings. The van der Waals surface area contributed by atoms with Crippen LogP contribution in [0.5, 0.6) is 0 Å². The van der Waals surface area contributed by atoms with Gasteiger partial charge in [0.05, 0.1) is 17.0 Å². The quantitative estimate of drug-likeness (QED) is 0.775. The Labute approximate surface area is 110 Å². The fourth-order valence-electron chi connectivity index (χ4n) is 2.37. The molecule has 0 aliphatic carbocycles. The predicted molar refractivity (Wildman–Crippen MR) is 70.2 cm³/mol. The van der Waals surface area contributed by atoms with Crippen molar-refractivity contribution >= 4 is 5.97 Å². The molecular formula is C14H15N3O2. The number of hydrogen-bond acceptors (Lipinski definition) is 3. The van der Waals surface area contributed by atoms with Crippen LogP contribution in [0.4, 0.5) is 0 Å². The van der Waals surface area contributed by atoms with Crippen molar-refractivity contribution in [2.75, 3.05) is 6.54 Å². The van der Waals surface area contributed by atoms with E-state index in [0.29, 0.717) is 12.0 Å². The van der Waals surface area contributed by atoms with Crippen LogP contribution in [-0.2, 0) is 19.4 Å². The second-order valence-electron chi connectivity index (χ2n) is 4.72. The lowest BCUT2D eigenvalue weighted by Crippen LogP contribution is -2.23. The number of aromatic amines is 1. The molecule has 1 aromatic heterocycles. The summed E-state index contributed by atoms with van der Waals surface area (Å²) in [5, 5.41) is 12.3. The van der Waals surface area contributed by atoms with Gasteiger partial charge < -0.3 is 15.4 Å². The van der Waals surface area contributed by atoms with E-state index < -0.39 is 5.97 Å². The molecule has 3 N–H and O–H groups in total. The molecule has 0 radical (unpaired) electrons. The first kappa shape index (κ1) is 11.9. The van der Waals surface area contributed by atoms with Gasteiger partial charge in [0.1, 0.15) is 5.82 Å². The highest BCUT2D eigenvalue weighted by molar-refractivity contribution is 5.87. The number of imidazole rings is 1. The Hall–Kier alpha value is -2.14. The Morgan fingerprint density at radius 1 is 1.42 bits per heavy atom. The number of hydrogen-bond donors (Lipinski definition) is 3. The number of benzene rings is 1. The highest BCUT2D eigenvalue weighted by Gasteiger charge is 2.14. The van der Waals surface area contributed by atoms with Gasteiger partial charge in [0.15, 0.2) is 0 Å². The summed E-state index contributed by atoms with van der Waals surface area (Å²) in [6.45, 7) is 1.79. The van der Waals surface area contributed by atoms with E-state index in [9.17, 15) is 4.79 Å². The van der Waals surface area contributed by atoms with Crippen molar-refractivity contribution in [1.29, 1.82) is 0 Å². The maximum absolute atomic E-state index is 10.9. The zero-order valence-electron chi connectivity index (χ0n) is 10.4. The zero-order chi connectivity index (χ0) is 13.2. The standard InChI is InChI=1S/C14H15N3O2/c18-14(19)10-3-1-2-9(6-10)7-13-16-11-4-5-15-8-12(11)17-13/h1-3,6,15H,4-5,7-8H2,(H,16,17)(H,18,19). The first-order chi connectivity index (χ1) is 9.22. The van der Waals surface area contributed by atoms with Gasteiger partial charge in [-0.25, -0.2) is 9.78 Å². The van der Waals surface area contributed by atoms with E-state index >= 15 is 0 Å². The van der Waals surface area contributed by atoms with Crippen molar-refractivity contribution in [2.45, 2.75) is 19.4 Å². The van der Waals surface area contributed by atoms with Gasteiger partial charge in [0.25, 0.3) is 0 Å². The number of rotatable bonds is 3. The van der Waals surface area contributed by atoms with E-state index in [1.165, 1.54) is 0 Å². The Kier molecular flexibility index (Phi) is 3.05. The number of aromatic nitrogens is 2. The molecule has 2 heterocycles. The van der Waals surface area contributed by atoms with Crippen LogP contribution in [0, 0.1) is 0 Å². The molecule has 0 saturated heterocycles. The van der Waals surface area contributed by atoms with Gasteiger partial charge in [0.2, 0.25) is 0 Å². The van der Waals surface area contributed by atoms with Gasteiger partial charge in [0, 0.05) is 25.9 Å². The van der Waals surface area contributed by atoms with Crippen molar-refractivity contribution in [3.8, 4) is 0 Å². The van der Waals surface area contributed by atoms with Crippen LogP contribution in [0.15, 0.2) is 24.3 Å². The lowest BCUT2D eigenvalue weighted by molar-refractivity contribution is 0.0697. The Balaban J connectivity index is 1.83. The summed E-state index contributed by atoms with van der Waals surface area (Å²) in [7, 11) is 0. The number of aromatic carboxylic acids is 1. The van der Waals surface area contributed by atoms with Gasteiger partial charge in [-0.15, -0.1) is 0 Å². The minimum Gasteiger partial charge on any atom is -0.478 e. The number of carboxylic acid groups (broad SMARTS) is 1. The molecule has 0 unspecified atom stereocenters. The average Bonchev–Trinajstić information content (AvgIpc) is 2.81. The number of carbonyl (C=O) groups is 1. The minimum absolute atomic E-state index is 0.315. The van der Waals surface area contributed by atoms with Crippen molar-refractivity contribution < 1.29 is 9.90 Å². The van der Waals surface area contributed by atoms with Gasteiger partial charge in [-0.1, -0.05) is 12.1 Å². The second-order valence-corrected chi connectivity index (χ2v) is 4.72. The topological polar surface area (TPSA) is 78.0 Å². The van der Waals surface area contributed by atoms with Gasteiger partial charge in [-0.05, 0) is 17.7 Å². The van der Waals surface area contributed by atoms with Crippen LogP contribution in [0.2, 0.25) is 0 Å². The average molecular weight is 257 g/mol. The van der Waals surface area contributed by atoms with E-state index in [1.54, 1.807) is 18.2 Å². The molecule has 0 fully saturated rings. The molecule has 1 aromatic carbocycles. The molecule has 0 saturated carbocycles. The van der Waals surface area contributed by atoms with Crippen molar-refractivity contribution in [3.05, 3.63) is 52.6 Å². The highest BCUT2D eigenvalue weighted by Crippen LogP contribution is 2.14. The minimum atomic E-state index is -0.898. The fourth-order valence-corrected chi connectivity index (χ4v) is 2.37. The number of carboxylic acids is 1. The fraction of sp³-hybridized carbons (Fsp3) is 0.286. The second kappa shape index (κ2) is 4.85. The maximum atomic E-state index is 10.9. The van der Waals surface area contributed by atoms with Crippen molar-refractivity contribution in [1.82, 2.24) is 15.3 Å². The van der Waals surface area contributed by atoms with E-state index in [4.69, 9.17) is 5.11 Å². The smallest absolute Gasteiger partial charge is 0.335 e. The van der Waals surface area contributed by atoms with E-state index in [-0.39, 0.29) is 0 Å². The molecule has 5 heteroatoms. The normalized spacial score (nSPS) is 14.1. The molecule has 0 spiro atoms. The van der Waals surface area contributed by atoms with Crippen LogP contribution in [-0.4, -0.2) is 27.6 Å². The van der Waals surface area contributed by atoms with Crippen LogP contribution in [0.25, 0.3) is 0 Å². The van der Waals surface area contributed by atoms with E-state index in [1.807, 2.05) is 6.07 Å². The summed E-state index contributed by atoms with van der Waals surface area (Å²) in [5.74, 6) is 0.000952. The van der Waals surface area contributed by atoms with Crippen LogP contribution < -0.4 is 5.32 Å². The van der Waals surface area contributed by atoms with Crippen LogP contribution in [0.3, 0.4) is 0 Å². The van der Waals surface area contributed by atoms with Gasteiger partial charge in [-0.3, -0.25) is 0 Å². The molecule has 1 aliphatic rings. The summed E-state index contributed by atoms with van der Waals surface area (Å²) in [6.07, 6.45) is 1.58. The summed E-state index contributed by atoms with van der Waals surface area (Å²) in [4.78, 5) is 18.8. The third-order valence-corrected chi connectivity index (χ3v) is 3.30. The SMILES string of the molecule is O=C(O)c1cccc(Cc2nc3c([nH]2)CNCC3)c1. The summed E-state index contributed by atoms with van der Waals surface area (Å²) in [6, 6.07) is 6.99. The molecule has 0 amide bonds. The highest BCUT2D eigenvalue weighted by atomic mass is 16.4. The Bertz CT molecular complexity index is 595. The third kappa shape index (κ3) is 2.51. The molecule has 5 nitrogen and oxygen atoms in total. The Morgan fingerprint density at radius 3 is 3.11 bits per heavy atom. The van der Waals surface area contributed by atoms with Crippen molar-refractivity contribution in [3.63, 3.8) is 0 Å². The first-order valence-corrected chi connectivity index (χ1v) is 6.32. The summed E-state index contributed by atoms with van der Waals surface area (Å²) >= 11 is 0. The zero-order valence-corrected chi connectivity index (χ0v) is 10.4. The molecular weight excluding hydrogens is 242 g/mol. The molecule has 1 aliphatic heterocycles. The van der Waals surface area contributed by atoms with Crippen LogP contribution in [0.1, 0.15) is 33.1 Å². The molecule has 3 rings (SSSR count). The lowest BCUT2D eigenvalue weighted by atomic mass is 10.1. The van der Waals surface area contributed by atoms with Crippen molar-refractivity contribution in [2.24, 2.45) is 0 Å². The Morgan fingerprint density at radius 2 is 2.32 bits per heavy atom. The summed E-state index contributed by atoms with van der Waals surface area (Å²) < 4.78 is 0. The largest absolute Gasteiger partial charge is 0.478 e. The third-order valence-electron chi connectivity index (χ3n) is 3.30. The number of H-pyrrole nitrogens is 1. The maximum Gasteiger partial charge on any atom is 0.335 e. The first-order valence-electron chi connectivity index (χ1n) is 6.32. The molecule has 0 atom stereocenters. The molecule has 0 bridgehead atoms. The van der Waals surface area contributed by atoms with Gasteiger partial charge >= 0.3 is 5.97 Å². The number of nitrogens with zero attached hydrogens (tertiary/aromatic N) is 1. The van der Waals surface area contributed by atoms with E-state index in [2.05, 4.69) is 15.3 Å².